The molecule has 2 aliphatic rings. The number of allylic oxidation sites excluding steroid dienone is 1. The van der Waals surface area contributed by atoms with E-state index in [1.54, 1.807) is 0 Å². The molecule has 0 atom stereocenters. The van der Waals surface area contributed by atoms with Crippen molar-refractivity contribution >= 4 is 71.5 Å². The molecule has 0 radical (unpaired) electrons. The van der Waals surface area contributed by atoms with Gasteiger partial charge in [-0.3, -0.25) is 0 Å². The van der Waals surface area contributed by atoms with Gasteiger partial charge in [0.25, 0.3) is 0 Å². The molecule has 2 heterocycles. The molecule has 0 fully saturated rings. The van der Waals surface area contributed by atoms with E-state index in [4.69, 9.17) is 14.4 Å². The zero-order chi connectivity index (χ0) is 47.0. The van der Waals surface area contributed by atoms with Crippen LogP contribution in [0.1, 0.15) is 41.2 Å². The minimum atomic E-state index is 0.665. The molecule has 1 aliphatic carbocycles. The summed E-state index contributed by atoms with van der Waals surface area (Å²) in [5.41, 5.74) is 20.6. The molecule has 1 aliphatic heterocycles. The largest absolute Gasteiger partial charge is 0.456 e. The quantitative estimate of drug-likeness (QED) is 0.153. The third-order valence-corrected chi connectivity index (χ3v) is 15.0. The first-order valence-corrected chi connectivity index (χ1v) is 24.7. The Labute approximate surface area is 412 Å². The van der Waals surface area contributed by atoms with Crippen LogP contribution in [0.2, 0.25) is 0 Å². The zero-order valence-corrected chi connectivity index (χ0v) is 39.3. The van der Waals surface area contributed by atoms with E-state index in [9.17, 15) is 0 Å². The maximum atomic E-state index is 6.57. The van der Waals surface area contributed by atoms with Crippen LogP contribution in [0.3, 0.4) is 0 Å². The predicted octanol–water partition coefficient (Wildman–Crippen LogP) is 17.9. The van der Waals surface area contributed by atoms with E-state index < -0.39 is 0 Å². The number of hydrogen-bond donors (Lipinski definition) is 0. The highest BCUT2D eigenvalue weighted by molar-refractivity contribution is 6.18. The standard InChI is InChI=1S/C68H46N2O/c1-42-36-63(54-32-34-59-52(37-54)30-25-46-12-5-7-14-57(46)59)69-68(49-26-18-44(19-27-49)43-10-3-2-4-11-43)70-67(42)55-31-21-45-20-29-53(38-56(45)39-55)60-16-9-17-65-66(60)62-41-51(33-35-64(62)71-65)50-28-24-48-23-22-47-13-6-8-15-58(47)61(48)40-50/h2-21,24-35,37-41H,22-23,36H2,1H3. The minimum absolute atomic E-state index is 0.665. The third kappa shape index (κ3) is 7.20. The van der Waals surface area contributed by atoms with Crippen LogP contribution in [-0.2, 0) is 12.8 Å². The van der Waals surface area contributed by atoms with Crippen LogP contribution in [0.4, 0.5) is 0 Å². The molecule has 11 aromatic carbocycles. The van der Waals surface area contributed by atoms with E-state index in [1.807, 2.05) is 0 Å². The number of benzene rings is 11. The molecule has 0 spiro atoms. The Kier molecular flexibility index (Phi) is 9.63. The summed E-state index contributed by atoms with van der Waals surface area (Å²) in [6.07, 6.45) is 2.83. The topological polar surface area (TPSA) is 37.9 Å². The number of aliphatic imine (C=N–C) groups is 2. The number of hydrogen-bond acceptors (Lipinski definition) is 3. The van der Waals surface area contributed by atoms with Crippen molar-refractivity contribution in [2.75, 3.05) is 0 Å². The summed E-state index contributed by atoms with van der Waals surface area (Å²) < 4.78 is 6.57. The lowest BCUT2D eigenvalue weighted by Gasteiger charge is -2.20. The van der Waals surface area contributed by atoms with E-state index in [0.29, 0.717) is 12.3 Å². The van der Waals surface area contributed by atoms with Gasteiger partial charge in [-0.1, -0.05) is 182 Å². The fraction of sp³-hybridized carbons (Fsp3) is 0.0588. The lowest BCUT2D eigenvalue weighted by atomic mass is 9.84. The molecule has 334 valence electrons. The molecule has 0 saturated carbocycles. The Morgan fingerprint density at radius 2 is 0.986 bits per heavy atom. The maximum Gasteiger partial charge on any atom is 0.160 e. The molecule has 0 saturated heterocycles. The number of rotatable bonds is 6. The molecule has 0 unspecified atom stereocenters. The van der Waals surface area contributed by atoms with Crippen LogP contribution in [0.25, 0.3) is 104 Å². The van der Waals surface area contributed by atoms with Gasteiger partial charge in [0.15, 0.2) is 5.84 Å². The normalized spacial score (nSPS) is 13.6. The molecule has 3 nitrogen and oxygen atoms in total. The zero-order valence-electron chi connectivity index (χ0n) is 39.3. The van der Waals surface area contributed by atoms with Crippen molar-refractivity contribution in [3.05, 3.63) is 258 Å². The van der Waals surface area contributed by atoms with Crippen molar-refractivity contribution in [2.45, 2.75) is 26.2 Å². The van der Waals surface area contributed by atoms with Gasteiger partial charge in [0.1, 0.15) is 11.2 Å². The average molecular weight is 907 g/mol. The first-order valence-electron chi connectivity index (χ1n) is 24.7. The number of nitrogens with zero attached hydrogens (tertiary/aromatic N) is 2. The maximum absolute atomic E-state index is 6.57. The van der Waals surface area contributed by atoms with E-state index in [1.165, 1.54) is 71.4 Å². The summed E-state index contributed by atoms with van der Waals surface area (Å²) in [7, 11) is 0. The molecular weight excluding hydrogens is 861 g/mol. The molecular formula is C68H46N2O. The Balaban J connectivity index is 0.859. The number of fused-ring (bicyclic) bond motifs is 10. The van der Waals surface area contributed by atoms with Gasteiger partial charge in [-0.25, -0.2) is 9.98 Å². The smallest absolute Gasteiger partial charge is 0.160 e. The molecule has 0 bridgehead atoms. The average Bonchev–Trinajstić information content (AvgIpc) is 3.72. The Morgan fingerprint density at radius 3 is 1.89 bits per heavy atom. The summed E-state index contributed by atoms with van der Waals surface area (Å²) in [5.74, 6) is 0.706. The second kappa shape index (κ2) is 16.6. The van der Waals surface area contributed by atoms with Crippen LogP contribution in [0.5, 0.6) is 0 Å². The molecule has 3 heteroatoms. The summed E-state index contributed by atoms with van der Waals surface area (Å²) in [6, 6.07) is 81.6. The number of amidine groups is 1. The summed E-state index contributed by atoms with van der Waals surface area (Å²) >= 11 is 0. The number of furan rings is 1. The first kappa shape index (κ1) is 41.1. The van der Waals surface area contributed by atoms with Crippen molar-refractivity contribution in [2.24, 2.45) is 9.98 Å². The highest BCUT2D eigenvalue weighted by Gasteiger charge is 2.21. The Bertz CT molecular complexity index is 4240. The van der Waals surface area contributed by atoms with Crippen LogP contribution < -0.4 is 0 Å². The van der Waals surface area contributed by atoms with E-state index in [2.05, 4.69) is 231 Å². The fourth-order valence-electron chi connectivity index (χ4n) is 11.3. The molecule has 71 heavy (non-hydrogen) atoms. The van der Waals surface area contributed by atoms with E-state index in [-0.39, 0.29) is 0 Å². The van der Waals surface area contributed by atoms with Gasteiger partial charge in [0.05, 0.1) is 11.4 Å². The first-order chi connectivity index (χ1) is 35.0. The van der Waals surface area contributed by atoms with Gasteiger partial charge in [-0.05, 0) is 161 Å². The van der Waals surface area contributed by atoms with Crippen LogP contribution in [0, 0.1) is 0 Å². The van der Waals surface area contributed by atoms with E-state index >= 15 is 0 Å². The monoisotopic (exact) mass is 906 g/mol. The van der Waals surface area contributed by atoms with Crippen molar-refractivity contribution in [1.82, 2.24) is 0 Å². The van der Waals surface area contributed by atoms with Gasteiger partial charge in [0.2, 0.25) is 0 Å². The predicted molar refractivity (Wildman–Crippen MR) is 299 cm³/mol. The Morgan fingerprint density at radius 1 is 0.352 bits per heavy atom. The third-order valence-electron chi connectivity index (χ3n) is 15.0. The highest BCUT2D eigenvalue weighted by Crippen LogP contribution is 2.42. The summed E-state index contributed by atoms with van der Waals surface area (Å²) in [6.45, 7) is 2.22. The number of aryl methyl sites for hydroxylation is 2. The van der Waals surface area contributed by atoms with Crippen molar-refractivity contribution in [3.63, 3.8) is 0 Å². The second-order valence-corrected chi connectivity index (χ2v) is 19.3. The van der Waals surface area contributed by atoms with Crippen molar-refractivity contribution in [1.29, 1.82) is 0 Å². The van der Waals surface area contributed by atoms with Gasteiger partial charge in [-0.15, -0.1) is 0 Å². The van der Waals surface area contributed by atoms with E-state index in [0.717, 1.165) is 85.0 Å². The van der Waals surface area contributed by atoms with Crippen molar-refractivity contribution in [3.8, 4) is 44.5 Å². The van der Waals surface area contributed by atoms with Gasteiger partial charge < -0.3 is 4.42 Å². The Hall–Kier alpha value is -8.92. The lowest BCUT2D eigenvalue weighted by molar-refractivity contribution is 0.669. The molecule has 0 amide bonds. The van der Waals surface area contributed by atoms with Gasteiger partial charge >= 0.3 is 0 Å². The minimum Gasteiger partial charge on any atom is -0.456 e. The lowest BCUT2D eigenvalue weighted by Crippen LogP contribution is -2.06. The van der Waals surface area contributed by atoms with Crippen molar-refractivity contribution < 1.29 is 4.42 Å². The highest BCUT2D eigenvalue weighted by atomic mass is 16.3. The summed E-state index contributed by atoms with van der Waals surface area (Å²) in [4.78, 5) is 10.9. The van der Waals surface area contributed by atoms with Crippen LogP contribution in [0.15, 0.2) is 244 Å². The fourth-order valence-corrected chi connectivity index (χ4v) is 11.3. The molecule has 12 aromatic rings. The molecule has 1 aromatic heterocycles. The van der Waals surface area contributed by atoms with Crippen LogP contribution in [-0.4, -0.2) is 11.5 Å². The van der Waals surface area contributed by atoms with Gasteiger partial charge in [0, 0.05) is 28.3 Å². The van der Waals surface area contributed by atoms with Gasteiger partial charge in [-0.2, -0.15) is 0 Å². The van der Waals surface area contributed by atoms with Crippen LogP contribution >= 0.6 is 0 Å². The SMILES string of the molecule is CC1=C(c2ccc3ccc(-c4cccc5oc6ccc(-c7ccc8c(c7)-c7ccccc7CC8)cc6c45)cc3c2)N=C(c2ccc(-c3ccccc3)cc2)N=C(c2ccc3c(ccc4ccccc43)c2)C1. The molecule has 0 N–H and O–H groups in total. The molecule has 14 rings (SSSR count). The summed E-state index contributed by atoms with van der Waals surface area (Å²) in [5, 5.41) is 9.52. The second-order valence-electron chi connectivity index (χ2n) is 19.3.